The monoisotopic (exact) mass is 381 g/mol. The number of halogens is 3. The van der Waals surface area contributed by atoms with Gasteiger partial charge in [-0.25, -0.2) is 0 Å². The lowest BCUT2D eigenvalue weighted by Crippen LogP contribution is -2.30. The lowest BCUT2D eigenvalue weighted by Gasteiger charge is -2.22. The van der Waals surface area contributed by atoms with Gasteiger partial charge in [0.2, 0.25) is 0 Å². The molecule has 1 heterocycles. The van der Waals surface area contributed by atoms with Crippen molar-refractivity contribution in [2.24, 2.45) is 5.92 Å². The summed E-state index contributed by atoms with van der Waals surface area (Å²) in [6.07, 6.45) is -2.42. The van der Waals surface area contributed by atoms with Gasteiger partial charge in [0, 0.05) is 0 Å². The molecular formula is C20H22F3NO3. The van der Waals surface area contributed by atoms with Gasteiger partial charge >= 0.3 is 6.36 Å². The van der Waals surface area contributed by atoms with Gasteiger partial charge in [-0.3, -0.25) is 0 Å². The van der Waals surface area contributed by atoms with Gasteiger partial charge in [-0.1, -0.05) is 12.1 Å². The van der Waals surface area contributed by atoms with Gasteiger partial charge in [0.15, 0.2) is 0 Å². The van der Waals surface area contributed by atoms with Crippen LogP contribution in [0.5, 0.6) is 17.2 Å². The topological polar surface area (TPSA) is 39.7 Å². The summed E-state index contributed by atoms with van der Waals surface area (Å²) in [4.78, 5) is 0. The summed E-state index contributed by atoms with van der Waals surface area (Å²) < 4.78 is 51.8. The summed E-state index contributed by atoms with van der Waals surface area (Å²) in [5, 5.41) is 3.33. The number of piperidine rings is 1. The van der Waals surface area contributed by atoms with E-state index >= 15 is 0 Å². The molecule has 0 amide bonds. The van der Waals surface area contributed by atoms with Crippen molar-refractivity contribution in [3.05, 3.63) is 54.1 Å². The standard InChI is InChI=1S/C20H22F3NO3/c21-20(22,23)27-19-3-1-15(2-4-19)13-25-17-5-7-18(8-6-17)26-14-16-9-11-24-12-10-16/h1-8,16,24H,9-14H2. The molecule has 0 bridgehead atoms. The molecule has 146 valence electrons. The molecule has 0 saturated carbocycles. The van der Waals surface area contributed by atoms with E-state index in [2.05, 4.69) is 10.1 Å². The minimum Gasteiger partial charge on any atom is -0.493 e. The van der Waals surface area contributed by atoms with Crippen molar-refractivity contribution in [3.8, 4) is 17.2 Å². The molecule has 2 aromatic carbocycles. The number of ether oxygens (including phenoxy) is 3. The first-order chi connectivity index (χ1) is 13.0. The zero-order valence-corrected chi connectivity index (χ0v) is 14.8. The number of nitrogens with one attached hydrogen (secondary N) is 1. The zero-order chi connectivity index (χ0) is 19.1. The van der Waals surface area contributed by atoms with E-state index < -0.39 is 6.36 Å². The summed E-state index contributed by atoms with van der Waals surface area (Å²) >= 11 is 0. The summed E-state index contributed by atoms with van der Waals surface area (Å²) in [6, 6.07) is 13.0. The lowest BCUT2D eigenvalue weighted by atomic mass is 9.99. The smallest absolute Gasteiger partial charge is 0.493 e. The van der Waals surface area contributed by atoms with E-state index in [9.17, 15) is 13.2 Å². The molecule has 27 heavy (non-hydrogen) atoms. The molecule has 0 unspecified atom stereocenters. The van der Waals surface area contributed by atoms with E-state index in [1.165, 1.54) is 24.3 Å². The molecule has 0 spiro atoms. The van der Waals surface area contributed by atoms with E-state index in [4.69, 9.17) is 9.47 Å². The Morgan fingerprint density at radius 3 is 1.96 bits per heavy atom. The van der Waals surface area contributed by atoms with Crippen LogP contribution in [-0.4, -0.2) is 26.1 Å². The molecule has 7 heteroatoms. The Bertz CT molecular complexity index is 696. The predicted octanol–water partition coefficient (Wildman–Crippen LogP) is 4.54. The van der Waals surface area contributed by atoms with Crippen LogP contribution in [0, 0.1) is 5.92 Å². The van der Waals surface area contributed by atoms with E-state index in [1.54, 1.807) is 0 Å². The Labute approximate surface area is 156 Å². The van der Waals surface area contributed by atoms with E-state index in [0.29, 0.717) is 18.3 Å². The molecule has 1 saturated heterocycles. The lowest BCUT2D eigenvalue weighted by molar-refractivity contribution is -0.274. The number of hydrogen-bond donors (Lipinski definition) is 1. The highest BCUT2D eigenvalue weighted by Gasteiger charge is 2.30. The molecule has 0 atom stereocenters. The van der Waals surface area contributed by atoms with E-state index in [0.717, 1.165) is 37.2 Å². The maximum atomic E-state index is 12.1. The first kappa shape index (κ1) is 19.4. The fourth-order valence-electron chi connectivity index (χ4n) is 2.85. The zero-order valence-electron chi connectivity index (χ0n) is 14.8. The van der Waals surface area contributed by atoms with Crippen molar-refractivity contribution < 1.29 is 27.4 Å². The van der Waals surface area contributed by atoms with Crippen molar-refractivity contribution in [3.63, 3.8) is 0 Å². The van der Waals surface area contributed by atoms with Crippen LogP contribution in [0.15, 0.2) is 48.5 Å². The minimum atomic E-state index is -4.68. The Kier molecular flexibility index (Phi) is 6.45. The number of benzene rings is 2. The van der Waals surface area contributed by atoms with Crippen LogP contribution in [0.2, 0.25) is 0 Å². The third kappa shape index (κ3) is 6.67. The van der Waals surface area contributed by atoms with Gasteiger partial charge < -0.3 is 19.5 Å². The Morgan fingerprint density at radius 1 is 0.815 bits per heavy atom. The molecule has 0 aliphatic carbocycles. The van der Waals surface area contributed by atoms with Crippen LogP contribution >= 0.6 is 0 Å². The highest BCUT2D eigenvalue weighted by Crippen LogP contribution is 2.24. The fourth-order valence-corrected chi connectivity index (χ4v) is 2.85. The summed E-state index contributed by atoms with van der Waals surface area (Å²) in [5.41, 5.74) is 0.746. The number of rotatable bonds is 7. The molecule has 0 aromatic heterocycles. The Balaban J connectivity index is 1.44. The van der Waals surface area contributed by atoms with Crippen LogP contribution in [0.25, 0.3) is 0 Å². The normalized spacial score (nSPS) is 15.4. The second kappa shape index (κ2) is 8.99. The second-order valence-corrected chi connectivity index (χ2v) is 6.46. The summed E-state index contributed by atoms with van der Waals surface area (Å²) in [5.74, 6) is 1.81. The maximum absolute atomic E-state index is 12.1. The molecule has 3 rings (SSSR count). The number of alkyl halides is 3. The Morgan fingerprint density at radius 2 is 1.37 bits per heavy atom. The molecule has 1 fully saturated rings. The molecule has 2 aromatic rings. The van der Waals surface area contributed by atoms with Crippen molar-refractivity contribution in [2.75, 3.05) is 19.7 Å². The van der Waals surface area contributed by atoms with Gasteiger partial charge in [0.05, 0.1) is 6.61 Å². The van der Waals surface area contributed by atoms with Crippen LogP contribution in [-0.2, 0) is 6.61 Å². The van der Waals surface area contributed by atoms with Crippen molar-refractivity contribution in [1.29, 1.82) is 0 Å². The first-order valence-electron chi connectivity index (χ1n) is 8.89. The summed E-state index contributed by atoms with van der Waals surface area (Å²) in [6.45, 7) is 3.06. The highest BCUT2D eigenvalue weighted by atomic mass is 19.4. The predicted molar refractivity (Wildman–Crippen MR) is 95.0 cm³/mol. The third-order valence-electron chi connectivity index (χ3n) is 4.33. The largest absolute Gasteiger partial charge is 0.573 e. The van der Waals surface area contributed by atoms with Crippen molar-refractivity contribution in [2.45, 2.75) is 25.8 Å². The van der Waals surface area contributed by atoms with Crippen LogP contribution in [0.3, 0.4) is 0 Å². The van der Waals surface area contributed by atoms with Crippen LogP contribution in [0.1, 0.15) is 18.4 Å². The van der Waals surface area contributed by atoms with Gasteiger partial charge in [0.1, 0.15) is 23.9 Å². The SMILES string of the molecule is FC(F)(F)Oc1ccc(COc2ccc(OCC3CCNCC3)cc2)cc1. The third-order valence-corrected chi connectivity index (χ3v) is 4.33. The first-order valence-corrected chi connectivity index (χ1v) is 8.89. The average molecular weight is 381 g/mol. The Hall–Kier alpha value is -2.41. The van der Waals surface area contributed by atoms with Gasteiger partial charge in [-0.2, -0.15) is 0 Å². The quantitative estimate of drug-likeness (QED) is 0.764. The molecule has 1 N–H and O–H groups in total. The molecular weight excluding hydrogens is 359 g/mol. The van der Waals surface area contributed by atoms with Crippen molar-refractivity contribution >= 4 is 0 Å². The molecule has 1 aliphatic rings. The van der Waals surface area contributed by atoms with Gasteiger partial charge in [-0.15, -0.1) is 13.2 Å². The van der Waals surface area contributed by atoms with E-state index in [1.807, 2.05) is 24.3 Å². The van der Waals surface area contributed by atoms with Gasteiger partial charge in [-0.05, 0) is 73.8 Å². The highest BCUT2D eigenvalue weighted by molar-refractivity contribution is 5.32. The minimum absolute atomic E-state index is 0.249. The molecule has 1 aliphatic heterocycles. The average Bonchev–Trinajstić information content (AvgIpc) is 2.66. The van der Waals surface area contributed by atoms with Crippen LogP contribution < -0.4 is 19.5 Å². The number of hydrogen-bond acceptors (Lipinski definition) is 4. The maximum Gasteiger partial charge on any atom is 0.573 e. The second-order valence-electron chi connectivity index (χ2n) is 6.46. The molecule has 0 radical (unpaired) electrons. The van der Waals surface area contributed by atoms with Gasteiger partial charge in [0.25, 0.3) is 0 Å². The summed E-state index contributed by atoms with van der Waals surface area (Å²) in [7, 11) is 0. The van der Waals surface area contributed by atoms with E-state index in [-0.39, 0.29) is 12.4 Å². The van der Waals surface area contributed by atoms with Crippen LogP contribution in [0.4, 0.5) is 13.2 Å². The fraction of sp³-hybridized carbons (Fsp3) is 0.400. The molecule has 4 nitrogen and oxygen atoms in total. The van der Waals surface area contributed by atoms with Crippen molar-refractivity contribution in [1.82, 2.24) is 5.32 Å².